The molecule has 0 fully saturated rings. The van der Waals surface area contributed by atoms with Gasteiger partial charge in [-0.1, -0.05) is 182 Å². The summed E-state index contributed by atoms with van der Waals surface area (Å²) in [6, 6.07) is 92.2. The zero-order valence-corrected chi connectivity index (χ0v) is 46.0. The number of rotatable bonds is 8. The highest BCUT2D eigenvalue weighted by molar-refractivity contribution is 6.18. The minimum atomic E-state index is -0.314. The summed E-state index contributed by atoms with van der Waals surface area (Å²) in [5.41, 5.74) is 10.8. The van der Waals surface area contributed by atoms with Crippen molar-refractivity contribution in [3.63, 3.8) is 0 Å². The Morgan fingerprint density at radius 2 is 0.593 bits per heavy atom. The first-order valence-electron chi connectivity index (χ1n) is 28.7. The van der Waals surface area contributed by atoms with Crippen LogP contribution in [0.25, 0.3) is 120 Å². The standard InChI is InChI=1S/C78H46N4O4/c83-75-59-41-43-67(79(63-31-15-23-51-21-7-9-25-55(51)63)53-37-33-49(34-38-53)47-17-3-1-4-18-47)71-73(59)81(65-29-13-11-27-57(65)77(71)85)69-46-70-62(45-61(69)75)76(84)60-42-44-68(72-74(60)82(70)66-30-14-12-28-58(66)78(72)86)80(64-32-16-24-52-22-8-10-26-56(52)64)54-39-35-50(36-40-54)48-19-5-2-6-20-48/h1-46H. The minimum Gasteiger partial charge on any atom is -0.309 e. The summed E-state index contributed by atoms with van der Waals surface area (Å²) in [7, 11) is 0. The van der Waals surface area contributed by atoms with Gasteiger partial charge in [-0.05, 0) is 130 Å². The molecule has 4 heterocycles. The van der Waals surface area contributed by atoms with Crippen molar-refractivity contribution >= 4 is 132 Å². The van der Waals surface area contributed by atoms with Crippen molar-refractivity contribution in [1.82, 2.24) is 8.80 Å². The van der Waals surface area contributed by atoms with Crippen molar-refractivity contribution in [3.8, 4) is 22.3 Å². The molecule has 8 heteroatoms. The number of hydrogen-bond acceptors (Lipinski definition) is 6. The van der Waals surface area contributed by atoms with Gasteiger partial charge in [-0.3, -0.25) is 19.2 Å². The van der Waals surface area contributed by atoms with E-state index in [0.29, 0.717) is 87.6 Å². The molecule has 0 radical (unpaired) electrons. The largest absolute Gasteiger partial charge is 0.309 e. The summed E-state index contributed by atoms with van der Waals surface area (Å²) in [6.45, 7) is 0. The van der Waals surface area contributed by atoms with E-state index < -0.39 is 0 Å². The summed E-state index contributed by atoms with van der Waals surface area (Å²) >= 11 is 0. The molecule has 402 valence electrons. The predicted molar refractivity (Wildman–Crippen MR) is 356 cm³/mol. The number of fused-ring (bicyclic) bond motifs is 10. The maximum absolute atomic E-state index is 15.8. The van der Waals surface area contributed by atoms with Crippen LogP contribution in [0, 0.1) is 0 Å². The average molecular weight is 1100 g/mol. The normalized spacial score (nSPS) is 11.9. The summed E-state index contributed by atoms with van der Waals surface area (Å²) in [4.78, 5) is 67.2. The van der Waals surface area contributed by atoms with E-state index in [1.54, 1.807) is 6.07 Å². The summed E-state index contributed by atoms with van der Waals surface area (Å²) < 4.78 is 4.09. The van der Waals surface area contributed by atoms with Gasteiger partial charge in [-0.25, -0.2) is 0 Å². The zero-order chi connectivity index (χ0) is 57.3. The van der Waals surface area contributed by atoms with Gasteiger partial charge in [0, 0.05) is 54.5 Å². The Morgan fingerprint density at radius 3 is 1.02 bits per heavy atom. The Kier molecular flexibility index (Phi) is 10.8. The number of benzene rings is 13. The topological polar surface area (TPSA) is 83.6 Å². The molecule has 0 saturated carbocycles. The SMILES string of the molecule is O=c1c2cc3c(=O)c4ccc(N(c5ccc(-c6ccccc6)cc5)c5cccc6ccccc56)c5c(=O)c6ccccc6n(c3cc2n2c3ccccc3c(=O)c3c(N(c6ccc(-c7ccccc7)cc6)c6cccc7ccccc67)ccc1c32)c45. The monoisotopic (exact) mass is 1100 g/mol. The van der Waals surface area contributed by atoms with Crippen LogP contribution in [0.1, 0.15) is 0 Å². The molecule has 0 saturated heterocycles. The van der Waals surface area contributed by atoms with Crippen LogP contribution in [0.3, 0.4) is 0 Å². The third-order valence-corrected chi connectivity index (χ3v) is 17.5. The van der Waals surface area contributed by atoms with Crippen molar-refractivity contribution in [2.45, 2.75) is 0 Å². The van der Waals surface area contributed by atoms with E-state index in [2.05, 4.69) is 131 Å². The Labute approximate surface area is 490 Å². The lowest BCUT2D eigenvalue weighted by Gasteiger charge is -2.29. The minimum absolute atomic E-state index is 0.223. The lowest BCUT2D eigenvalue weighted by atomic mass is 9.97. The van der Waals surface area contributed by atoms with Crippen LogP contribution in [0.2, 0.25) is 0 Å². The number of nitrogens with zero attached hydrogens (tertiary/aromatic N) is 4. The van der Waals surface area contributed by atoms with Crippen molar-refractivity contribution in [1.29, 1.82) is 0 Å². The van der Waals surface area contributed by atoms with Crippen LogP contribution in [0.5, 0.6) is 0 Å². The lowest BCUT2D eigenvalue weighted by molar-refractivity contribution is 1.27. The lowest BCUT2D eigenvalue weighted by Crippen LogP contribution is -2.20. The molecule has 0 unspecified atom stereocenters. The molecule has 0 spiro atoms. The van der Waals surface area contributed by atoms with Crippen LogP contribution < -0.4 is 31.5 Å². The summed E-state index contributed by atoms with van der Waals surface area (Å²) in [6.07, 6.45) is 0. The highest BCUT2D eigenvalue weighted by Crippen LogP contribution is 2.46. The van der Waals surface area contributed by atoms with Crippen LogP contribution in [0.4, 0.5) is 34.1 Å². The molecular weight excluding hydrogens is 1060 g/mol. The average Bonchev–Trinajstić information content (AvgIpc) is 0.750. The van der Waals surface area contributed by atoms with Gasteiger partial charge in [0.25, 0.3) is 0 Å². The van der Waals surface area contributed by atoms with E-state index in [4.69, 9.17) is 0 Å². The van der Waals surface area contributed by atoms with Crippen molar-refractivity contribution in [2.75, 3.05) is 9.80 Å². The van der Waals surface area contributed by atoms with Gasteiger partial charge in [0.1, 0.15) is 0 Å². The highest BCUT2D eigenvalue weighted by atomic mass is 16.1. The smallest absolute Gasteiger partial charge is 0.199 e. The summed E-state index contributed by atoms with van der Waals surface area (Å²) in [5, 5.41) is 6.98. The number of pyridine rings is 4. The molecule has 0 amide bonds. The van der Waals surface area contributed by atoms with E-state index in [1.165, 1.54) is 0 Å². The van der Waals surface area contributed by atoms with Crippen molar-refractivity contribution in [2.24, 2.45) is 0 Å². The maximum atomic E-state index is 15.8. The fourth-order valence-corrected chi connectivity index (χ4v) is 13.6. The Morgan fingerprint density at radius 1 is 0.233 bits per heavy atom. The molecule has 0 N–H and O–H groups in total. The first kappa shape index (κ1) is 48.9. The molecule has 0 bridgehead atoms. The van der Waals surface area contributed by atoms with E-state index in [-0.39, 0.29) is 21.7 Å². The third-order valence-electron chi connectivity index (χ3n) is 17.5. The number of hydrogen-bond donors (Lipinski definition) is 0. The van der Waals surface area contributed by atoms with E-state index in [0.717, 1.165) is 66.5 Å². The maximum Gasteiger partial charge on any atom is 0.199 e. The molecule has 0 atom stereocenters. The molecule has 4 aromatic heterocycles. The number of aromatic nitrogens is 2. The molecular formula is C78H46N4O4. The molecule has 17 aromatic rings. The second kappa shape index (κ2) is 18.9. The molecule has 0 aliphatic heterocycles. The number of para-hydroxylation sites is 2. The Bertz CT molecular complexity index is 5550. The van der Waals surface area contributed by atoms with E-state index in [1.807, 2.05) is 160 Å². The molecule has 8 nitrogen and oxygen atoms in total. The molecule has 17 rings (SSSR count). The molecule has 0 aliphatic rings. The zero-order valence-electron chi connectivity index (χ0n) is 46.0. The van der Waals surface area contributed by atoms with Crippen LogP contribution >= 0.6 is 0 Å². The molecule has 13 aromatic carbocycles. The fraction of sp³-hybridized carbons (Fsp3) is 0. The van der Waals surface area contributed by atoms with Crippen molar-refractivity contribution in [3.05, 3.63) is 320 Å². The van der Waals surface area contributed by atoms with Gasteiger partial charge in [-0.15, -0.1) is 0 Å². The quantitative estimate of drug-likeness (QED) is 0.111. The van der Waals surface area contributed by atoms with Crippen LogP contribution in [0.15, 0.2) is 298 Å². The van der Waals surface area contributed by atoms with Gasteiger partial charge in [-0.2, -0.15) is 0 Å². The second-order valence-electron chi connectivity index (χ2n) is 22.1. The third kappa shape index (κ3) is 7.17. The molecule has 0 aliphatic carbocycles. The summed E-state index contributed by atoms with van der Waals surface area (Å²) in [5.74, 6) is 0. The fourth-order valence-electron chi connectivity index (χ4n) is 13.6. The van der Waals surface area contributed by atoms with Gasteiger partial charge >= 0.3 is 0 Å². The van der Waals surface area contributed by atoms with Gasteiger partial charge < -0.3 is 18.6 Å². The highest BCUT2D eigenvalue weighted by Gasteiger charge is 2.29. The van der Waals surface area contributed by atoms with E-state index >= 15 is 19.2 Å². The van der Waals surface area contributed by atoms with Crippen LogP contribution in [-0.2, 0) is 0 Å². The van der Waals surface area contributed by atoms with Crippen LogP contribution in [-0.4, -0.2) is 8.80 Å². The van der Waals surface area contributed by atoms with E-state index in [9.17, 15) is 0 Å². The Balaban J connectivity index is 0.982. The second-order valence-corrected chi connectivity index (χ2v) is 22.1. The number of anilines is 6. The van der Waals surface area contributed by atoms with Gasteiger partial charge in [0.15, 0.2) is 21.7 Å². The Hall–Kier alpha value is -11.7. The predicted octanol–water partition coefficient (Wildman–Crippen LogP) is 18.0. The first-order valence-corrected chi connectivity index (χ1v) is 28.7. The van der Waals surface area contributed by atoms with Gasteiger partial charge in [0.2, 0.25) is 0 Å². The van der Waals surface area contributed by atoms with Gasteiger partial charge in [0.05, 0.1) is 66.6 Å². The molecule has 86 heavy (non-hydrogen) atoms. The van der Waals surface area contributed by atoms with Crippen molar-refractivity contribution < 1.29 is 0 Å². The first-order chi connectivity index (χ1) is 42.4.